The van der Waals surface area contributed by atoms with E-state index in [1.54, 1.807) is 0 Å². The molecule has 5 rings (SSSR count). The Bertz CT molecular complexity index is 1450. The van der Waals surface area contributed by atoms with Crippen molar-refractivity contribution in [3.05, 3.63) is 86.5 Å². The minimum atomic E-state index is -0.0428. The summed E-state index contributed by atoms with van der Waals surface area (Å²) in [6.45, 7) is 11.1. The van der Waals surface area contributed by atoms with Crippen molar-refractivity contribution in [2.24, 2.45) is 0 Å². The second-order valence-electron chi connectivity index (χ2n) is 10.7. The molecule has 200 valence electrons. The molecule has 1 aliphatic rings. The lowest BCUT2D eigenvalue weighted by molar-refractivity contribution is 0.0893. The summed E-state index contributed by atoms with van der Waals surface area (Å²) in [5.74, 6) is 0.830. The monoisotopic (exact) mass is 514 g/mol. The number of aromatic nitrogens is 5. The lowest BCUT2D eigenvalue weighted by Gasteiger charge is -2.30. The van der Waals surface area contributed by atoms with Crippen LogP contribution in [0.5, 0.6) is 0 Å². The second-order valence-corrected chi connectivity index (χ2v) is 10.7. The molecular formula is C30H38N6O2. The smallest absolute Gasteiger partial charge is 0.252 e. The molecule has 3 heterocycles. The molecular weight excluding hydrogens is 476 g/mol. The van der Waals surface area contributed by atoms with Crippen LogP contribution in [0.15, 0.2) is 47.3 Å². The van der Waals surface area contributed by atoms with Crippen molar-refractivity contribution in [1.29, 1.82) is 0 Å². The summed E-state index contributed by atoms with van der Waals surface area (Å²) in [4.78, 5) is 18.8. The van der Waals surface area contributed by atoms with Gasteiger partial charge in [-0.3, -0.25) is 9.69 Å². The molecule has 0 aliphatic carbocycles. The van der Waals surface area contributed by atoms with E-state index in [1.807, 2.05) is 11.6 Å². The third-order valence-electron chi connectivity index (χ3n) is 7.60. The van der Waals surface area contributed by atoms with Gasteiger partial charge in [-0.1, -0.05) is 48.4 Å². The van der Waals surface area contributed by atoms with Crippen LogP contribution in [0, 0.1) is 20.8 Å². The molecule has 1 saturated heterocycles. The summed E-state index contributed by atoms with van der Waals surface area (Å²) in [5, 5.41) is 13.9. The number of fused-ring (bicyclic) bond motifs is 1. The van der Waals surface area contributed by atoms with Gasteiger partial charge in [-0.25, -0.2) is 4.68 Å². The number of pyridine rings is 1. The number of benzene rings is 2. The van der Waals surface area contributed by atoms with E-state index in [4.69, 9.17) is 4.74 Å². The molecule has 1 fully saturated rings. The maximum Gasteiger partial charge on any atom is 0.252 e. The topological polar surface area (TPSA) is 88.9 Å². The summed E-state index contributed by atoms with van der Waals surface area (Å²) >= 11 is 0. The number of hydrogen-bond donors (Lipinski definition) is 1. The zero-order valence-electron chi connectivity index (χ0n) is 22.9. The predicted octanol–water partition coefficient (Wildman–Crippen LogP) is 4.81. The number of nitrogens with zero attached hydrogens (tertiary/aromatic N) is 5. The summed E-state index contributed by atoms with van der Waals surface area (Å²) in [6, 6.07) is 14.9. The molecule has 38 heavy (non-hydrogen) atoms. The van der Waals surface area contributed by atoms with Crippen molar-refractivity contribution in [2.75, 3.05) is 13.2 Å². The van der Waals surface area contributed by atoms with Crippen molar-refractivity contribution < 1.29 is 4.74 Å². The number of ether oxygens (including phenoxy) is 1. The summed E-state index contributed by atoms with van der Waals surface area (Å²) in [6.07, 6.45) is 3.94. The fourth-order valence-corrected chi connectivity index (χ4v) is 5.72. The highest BCUT2D eigenvalue weighted by Crippen LogP contribution is 2.26. The Morgan fingerprint density at radius 3 is 2.79 bits per heavy atom. The molecule has 4 aromatic rings. The van der Waals surface area contributed by atoms with Crippen LogP contribution in [0.2, 0.25) is 0 Å². The highest BCUT2D eigenvalue weighted by Gasteiger charge is 2.27. The van der Waals surface area contributed by atoms with Gasteiger partial charge in [0.05, 0.1) is 24.2 Å². The minimum Gasteiger partial charge on any atom is -0.376 e. The van der Waals surface area contributed by atoms with Crippen LogP contribution in [0.25, 0.3) is 10.9 Å². The number of aryl methyl sites for hydroxylation is 3. The molecule has 1 N–H and O–H groups in total. The van der Waals surface area contributed by atoms with E-state index in [9.17, 15) is 4.79 Å². The van der Waals surface area contributed by atoms with Gasteiger partial charge in [-0.05, 0) is 85.5 Å². The number of aromatic amines is 1. The van der Waals surface area contributed by atoms with Gasteiger partial charge in [0.15, 0.2) is 5.82 Å². The molecule has 0 amide bonds. The molecule has 0 unspecified atom stereocenters. The van der Waals surface area contributed by atoms with E-state index in [0.717, 1.165) is 66.7 Å². The Labute approximate surface area is 224 Å². The second kappa shape index (κ2) is 11.6. The summed E-state index contributed by atoms with van der Waals surface area (Å²) < 4.78 is 7.77. The van der Waals surface area contributed by atoms with Crippen LogP contribution in [0.4, 0.5) is 0 Å². The van der Waals surface area contributed by atoms with E-state index in [1.165, 1.54) is 16.7 Å². The van der Waals surface area contributed by atoms with Crippen LogP contribution in [-0.2, 0) is 24.2 Å². The van der Waals surface area contributed by atoms with Gasteiger partial charge in [0.1, 0.15) is 0 Å². The standard InChI is InChI=1S/C30H38N6O2/c1-5-27(29-32-33-34-36(29)19-26-10-7-13-38-26)35(12-11-23-9-6-8-20(2)15-23)18-25-17-24-16-21(3)14-22(4)28(24)31-30(25)37/h6,8-9,14-17,26-27H,5,7,10-13,18-19H2,1-4H3,(H,31,37)/t26-,27-/m0/s1. The average molecular weight is 515 g/mol. The number of H-pyrrole nitrogens is 1. The van der Waals surface area contributed by atoms with Crippen molar-refractivity contribution in [2.45, 2.75) is 78.6 Å². The predicted molar refractivity (Wildman–Crippen MR) is 149 cm³/mol. The van der Waals surface area contributed by atoms with Crippen LogP contribution in [-0.4, -0.2) is 49.3 Å². The van der Waals surface area contributed by atoms with Crippen LogP contribution in [0.1, 0.15) is 65.9 Å². The van der Waals surface area contributed by atoms with Gasteiger partial charge in [0.25, 0.3) is 5.56 Å². The molecule has 0 saturated carbocycles. The van der Waals surface area contributed by atoms with Crippen LogP contribution < -0.4 is 5.56 Å². The van der Waals surface area contributed by atoms with Crippen molar-refractivity contribution in [3.63, 3.8) is 0 Å². The average Bonchev–Trinajstić information content (AvgIpc) is 3.57. The maximum atomic E-state index is 13.3. The molecule has 2 aromatic carbocycles. The Kier molecular flexibility index (Phi) is 8.00. The molecule has 0 spiro atoms. The van der Waals surface area contributed by atoms with Crippen molar-refractivity contribution in [1.82, 2.24) is 30.1 Å². The Morgan fingerprint density at radius 1 is 1.16 bits per heavy atom. The number of rotatable bonds is 10. The molecule has 2 aromatic heterocycles. The summed E-state index contributed by atoms with van der Waals surface area (Å²) in [7, 11) is 0. The van der Waals surface area contributed by atoms with E-state index in [0.29, 0.717) is 13.1 Å². The quantitative estimate of drug-likeness (QED) is 0.327. The maximum absolute atomic E-state index is 13.3. The molecule has 1 aliphatic heterocycles. The lowest BCUT2D eigenvalue weighted by Crippen LogP contribution is -2.34. The number of nitrogens with one attached hydrogen (secondary N) is 1. The third kappa shape index (κ3) is 5.87. The molecule has 0 bridgehead atoms. The number of hydrogen-bond acceptors (Lipinski definition) is 6. The highest BCUT2D eigenvalue weighted by atomic mass is 16.5. The van der Waals surface area contributed by atoms with Crippen LogP contribution in [0.3, 0.4) is 0 Å². The first-order valence-electron chi connectivity index (χ1n) is 13.7. The zero-order chi connectivity index (χ0) is 26.6. The first kappa shape index (κ1) is 26.3. The van der Waals surface area contributed by atoms with Gasteiger partial charge >= 0.3 is 0 Å². The van der Waals surface area contributed by atoms with E-state index < -0.39 is 0 Å². The Morgan fingerprint density at radius 2 is 2.03 bits per heavy atom. The molecule has 8 nitrogen and oxygen atoms in total. The van der Waals surface area contributed by atoms with Gasteiger partial charge in [0.2, 0.25) is 0 Å². The normalized spacial score (nSPS) is 16.5. The fraction of sp³-hybridized carbons (Fsp3) is 0.467. The van der Waals surface area contributed by atoms with Crippen molar-refractivity contribution in [3.8, 4) is 0 Å². The SMILES string of the molecule is CC[C@@H](c1nnnn1C[C@@H]1CCCO1)N(CCc1cccc(C)c1)Cc1cc2cc(C)cc(C)c2[nH]c1=O. The number of tetrazole rings is 1. The first-order valence-corrected chi connectivity index (χ1v) is 13.7. The molecule has 2 atom stereocenters. The summed E-state index contributed by atoms with van der Waals surface area (Å²) in [5.41, 5.74) is 6.41. The fourth-order valence-electron chi connectivity index (χ4n) is 5.72. The van der Waals surface area contributed by atoms with Gasteiger partial charge in [-0.15, -0.1) is 5.10 Å². The zero-order valence-corrected chi connectivity index (χ0v) is 22.9. The largest absolute Gasteiger partial charge is 0.376 e. The molecule has 8 heteroatoms. The van der Waals surface area contributed by atoms with E-state index in [2.05, 4.69) is 88.6 Å². The Balaban J connectivity index is 1.48. The molecule has 0 radical (unpaired) electrons. The van der Waals surface area contributed by atoms with E-state index >= 15 is 0 Å². The van der Waals surface area contributed by atoms with E-state index in [-0.39, 0.29) is 17.7 Å². The third-order valence-corrected chi connectivity index (χ3v) is 7.60. The first-order chi connectivity index (χ1) is 18.4. The highest BCUT2D eigenvalue weighted by molar-refractivity contribution is 5.82. The van der Waals surface area contributed by atoms with Gasteiger partial charge < -0.3 is 9.72 Å². The Hall–Kier alpha value is -3.36. The van der Waals surface area contributed by atoms with Gasteiger partial charge in [0, 0.05) is 25.3 Å². The lowest BCUT2D eigenvalue weighted by atomic mass is 10.0. The van der Waals surface area contributed by atoms with Gasteiger partial charge in [-0.2, -0.15) is 0 Å². The van der Waals surface area contributed by atoms with Crippen LogP contribution >= 0.6 is 0 Å². The van der Waals surface area contributed by atoms with Crippen molar-refractivity contribution >= 4 is 10.9 Å². The minimum absolute atomic E-state index is 0.0365.